The van der Waals surface area contributed by atoms with Crippen LogP contribution in [0.1, 0.15) is 37.8 Å². The zero-order valence-corrected chi connectivity index (χ0v) is 19.0. The number of amides is 1. The monoisotopic (exact) mass is 453 g/mol. The van der Waals surface area contributed by atoms with E-state index in [-0.39, 0.29) is 30.1 Å². The summed E-state index contributed by atoms with van der Waals surface area (Å²) in [6.45, 7) is 4.08. The van der Waals surface area contributed by atoms with Crippen molar-refractivity contribution in [1.29, 1.82) is 0 Å². The normalized spacial score (nSPS) is 17.4. The summed E-state index contributed by atoms with van der Waals surface area (Å²) in [4.78, 5) is 12.6. The van der Waals surface area contributed by atoms with Crippen LogP contribution in [0, 0.1) is 0 Å². The van der Waals surface area contributed by atoms with Crippen molar-refractivity contribution >= 4 is 21.6 Å². The number of carbonyl (C=O) groups excluding carboxylic acids is 1. The molecule has 0 unspecified atom stereocenters. The summed E-state index contributed by atoms with van der Waals surface area (Å²) in [6, 6.07) is 18.7. The SMILES string of the molecule is CC(C)c1ccc(OCC(=O)Nc2cc(-c3ccccc3)nn2[C@H]2CCS(=O)(=O)C2)cc1. The molecular weight excluding hydrogens is 426 g/mol. The summed E-state index contributed by atoms with van der Waals surface area (Å²) >= 11 is 0. The van der Waals surface area contributed by atoms with E-state index < -0.39 is 9.84 Å². The van der Waals surface area contributed by atoms with Gasteiger partial charge in [-0.2, -0.15) is 5.10 Å². The van der Waals surface area contributed by atoms with Gasteiger partial charge in [-0.15, -0.1) is 0 Å². The van der Waals surface area contributed by atoms with Crippen LogP contribution in [0.3, 0.4) is 0 Å². The number of nitrogens with zero attached hydrogens (tertiary/aromatic N) is 2. The Morgan fingerprint density at radius 3 is 2.50 bits per heavy atom. The van der Waals surface area contributed by atoms with Crippen molar-refractivity contribution in [3.63, 3.8) is 0 Å². The highest BCUT2D eigenvalue weighted by Crippen LogP contribution is 2.30. The second-order valence-corrected chi connectivity index (χ2v) is 10.6. The molecule has 8 heteroatoms. The number of aromatic nitrogens is 2. The van der Waals surface area contributed by atoms with Gasteiger partial charge >= 0.3 is 0 Å². The number of sulfone groups is 1. The first-order valence-corrected chi connectivity index (χ1v) is 12.5. The molecule has 32 heavy (non-hydrogen) atoms. The molecule has 1 N–H and O–H groups in total. The van der Waals surface area contributed by atoms with Crippen LogP contribution < -0.4 is 10.1 Å². The minimum Gasteiger partial charge on any atom is -0.484 e. The van der Waals surface area contributed by atoms with Gasteiger partial charge in [0, 0.05) is 11.6 Å². The Bertz CT molecular complexity index is 1190. The van der Waals surface area contributed by atoms with Crippen molar-refractivity contribution in [1.82, 2.24) is 9.78 Å². The van der Waals surface area contributed by atoms with E-state index in [4.69, 9.17) is 4.74 Å². The predicted octanol–water partition coefficient (Wildman–Crippen LogP) is 4.05. The molecule has 0 bridgehead atoms. The number of benzene rings is 2. The Hall–Kier alpha value is -3.13. The highest BCUT2D eigenvalue weighted by molar-refractivity contribution is 7.91. The van der Waals surface area contributed by atoms with Gasteiger partial charge in [0.25, 0.3) is 5.91 Å². The number of hydrogen-bond acceptors (Lipinski definition) is 5. The number of rotatable bonds is 7. The van der Waals surface area contributed by atoms with Crippen LogP contribution >= 0.6 is 0 Å². The topological polar surface area (TPSA) is 90.3 Å². The maximum absolute atomic E-state index is 12.6. The van der Waals surface area contributed by atoms with Gasteiger partial charge < -0.3 is 10.1 Å². The first kappa shape index (κ1) is 22.1. The van der Waals surface area contributed by atoms with Crippen molar-refractivity contribution in [2.75, 3.05) is 23.4 Å². The lowest BCUT2D eigenvalue weighted by Gasteiger charge is -2.14. The van der Waals surface area contributed by atoms with Crippen molar-refractivity contribution in [3.05, 3.63) is 66.2 Å². The lowest BCUT2D eigenvalue weighted by atomic mass is 10.0. The molecule has 1 fully saturated rings. The Morgan fingerprint density at radius 2 is 1.88 bits per heavy atom. The average molecular weight is 454 g/mol. The molecule has 7 nitrogen and oxygen atoms in total. The van der Waals surface area contributed by atoms with E-state index in [0.717, 1.165) is 5.56 Å². The van der Waals surface area contributed by atoms with Crippen LogP contribution in [0.2, 0.25) is 0 Å². The van der Waals surface area contributed by atoms with E-state index in [1.807, 2.05) is 54.6 Å². The molecule has 168 valence electrons. The molecule has 0 aliphatic carbocycles. The minimum atomic E-state index is -3.10. The Kier molecular flexibility index (Phi) is 6.32. The lowest BCUT2D eigenvalue weighted by Crippen LogP contribution is -2.23. The fourth-order valence-electron chi connectivity index (χ4n) is 3.76. The lowest BCUT2D eigenvalue weighted by molar-refractivity contribution is -0.118. The standard InChI is InChI=1S/C24H27N3O4S/c1-17(2)18-8-10-21(11-9-18)31-15-24(28)25-23-14-22(19-6-4-3-5-7-19)26-27(23)20-12-13-32(29,30)16-20/h3-11,14,17,20H,12-13,15-16H2,1-2H3,(H,25,28)/t20-/m0/s1. The van der Waals surface area contributed by atoms with Gasteiger partial charge in [-0.1, -0.05) is 56.3 Å². The van der Waals surface area contributed by atoms with Gasteiger partial charge in [-0.3, -0.25) is 4.79 Å². The average Bonchev–Trinajstić information content (AvgIpc) is 3.36. The summed E-state index contributed by atoms with van der Waals surface area (Å²) < 4.78 is 31.3. The maximum atomic E-state index is 12.6. The molecule has 1 amide bonds. The van der Waals surface area contributed by atoms with Crippen LogP contribution in [0.4, 0.5) is 5.82 Å². The van der Waals surface area contributed by atoms with E-state index in [9.17, 15) is 13.2 Å². The summed E-state index contributed by atoms with van der Waals surface area (Å²) in [6.07, 6.45) is 0.472. The zero-order valence-electron chi connectivity index (χ0n) is 18.2. The van der Waals surface area contributed by atoms with Crippen molar-refractivity contribution < 1.29 is 17.9 Å². The Morgan fingerprint density at radius 1 is 1.16 bits per heavy atom. The van der Waals surface area contributed by atoms with Crippen LogP contribution in [-0.4, -0.2) is 42.2 Å². The zero-order chi connectivity index (χ0) is 22.7. The summed E-state index contributed by atoms with van der Waals surface area (Å²) in [5, 5.41) is 7.47. The second-order valence-electron chi connectivity index (χ2n) is 8.34. The number of carbonyl (C=O) groups is 1. The van der Waals surface area contributed by atoms with Crippen molar-refractivity contribution in [2.45, 2.75) is 32.2 Å². The van der Waals surface area contributed by atoms with Gasteiger partial charge in [0.05, 0.1) is 23.2 Å². The third kappa shape index (κ3) is 5.19. The highest BCUT2D eigenvalue weighted by Gasteiger charge is 2.31. The maximum Gasteiger partial charge on any atom is 0.263 e. The van der Waals surface area contributed by atoms with Gasteiger partial charge in [-0.05, 0) is 30.0 Å². The van der Waals surface area contributed by atoms with E-state index in [2.05, 4.69) is 24.3 Å². The fraction of sp³-hybridized carbons (Fsp3) is 0.333. The van der Waals surface area contributed by atoms with Gasteiger partial charge in [-0.25, -0.2) is 13.1 Å². The largest absolute Gasteiger partial charge is 0.484 e. The molecule has 0 radical (unpaired) electrons. The molecule has 2 aromatic carbocycles. The molecule has 1 atom stereocenters. The minimum absolute atomic E-state index is 0.0183. The summed E-state index contributed by atoms with van der Waals surface area (Å²) in [5.74, 6) is 1.32. The van der Waals surface area contributed by atoms with Crippen LogP contribution in [-0.2, 0) is 14.6 Å². The predicted molar refractivity (Wildman–Crippen MR) is 125 cm³/mol. The van der Waals surface area contributed by atoms with E-state index in [0.29, 0.717) is 29.6 Å². The first-order valence-electron chi connectivity index (χ1n) is 10.7. The third-order valence-electron chi connectivity index (χ3n) is 5.54. The summed E-state index contributed by atoms with van der Waals surface area (Å²) in [5.41, 5.74) is 2.77. The molecule has 0 saturated carbocycles. The quantitative estimate of drug-likeness (QED) is 0.583. The Balaban J connectivity index is 1.50. The molecule has 1 aliphatic heterocycles. The van der Waals surface area contributed by atoms with Crippen LogP contribution in [0.25, 0.3) is 11.3 Å². The number of hydrogen-bond donors (Lipinski definition) is 1. The van der Waals surface area contributed by atoms with E-state index >= 15 is 0 Å². The van der Waals surface area contributed by atoms with E-state index in [1.54, 1.807) is 10.7 Å². The third-order valence-corrected chi connectivity index (χ3v) is 7.29. The molecule has 1 aromatic heterocycles. The molecule has 4 rings (SSSR count). The van der Waals surface area contributed by atoms with Gasteiger partial charge in [0.15, 0.2) is 16.4 Å². The van der Waals surface area contributed by atoms with Gasteiger partial charge in [0.1, 0.15) is 11.6 Å². The molecule has 1 saturated heterocycles. The fourth-order valence-corrected chi connectivity index (χ4v) is 5.45. The summed E-state index contributed by atoms with van der Waals surface area (Å²) in [7, 11) is -3.10. The number of nitrogens with one attached hydrogen (secondary N) is 1. The molecular formula is C24H27N3O4S. The molecule has 1 aliphatic rings. The molecule has 2 heterocycles. The number of ether oxygens (including phenoxy) is 1. The molecule has 0 spiro atoms. The number of anilines is 1. The first-order chi connectivity index (χ1) is 15.3. The molecule has 3 aromatic rings. The Labute approximate surface area is 188 Å². The van der Waals surface area contributed by atoms with E-state index in [1.165, 1.54) is 5.56 Å². The van der Waals surface area contributed by atoms with Crippen molar-refractivity contribution in [2.24, 2.45) is 0 Å². The second kappa shape index (κ2) is 9.16. The van der Waals surface area contributed by atoms with Crippen LogP contribution in [0.15, 0.2) is 60.7 Å². The van der Waals surface area contributed by atoms with Gasteiger partial charge in [0.2, 0.25) is 0 Å². The highest BCUT2D eigenvalue weighted by atomic mass is 32.2. The van der Waals surface area contributed by atoms with Crippen molar-refractivity contribution in [3.8, 4) is 17.0 Å². The van der Waals surface area contributed by atoms with Crippen LogP contribution in [0.5, 0.6) is 5.75 Å². The smallest absolute Gasteiger partial charge is 0.263 e.